The number of nitrogens with zero attached hydrogens (tertiary/aromatic N) is 2. The topological polar surface area (TPSA) is 76.8 Å². The maximum Gasteiger partial charge on any atom is 0.295 e. The van der Waals surface area contributed by atoms with E-state index >= 15 is 0 Å². The van der Waals surface area contributed by atoms with Crippen LogP contribution in [0.5, 0.6) is 5.19 Å². The van der Waals surface area contributed by atoms with Crippen molar-refractivity contribution in [2.24, 2.45) is 5.90 Å². The van der Waals surface area contributed by atoms with Crippen LogP contribution < -0.4 is 10.7 Å². The Kier molecular flexibility index (Phi) is 2.17. The monoisotopic (exact) mass is 216 g/mol. The molecule has 3 N–H and O–H groups in total. The molecular weight excluding hydrogens is 212 g/mol. The van der Waals surface area contributed by atoms with E-state index in [0.29, 0.717) is 15.2 Å². The van der Waals surface area contributed by atoms with Crippen molar-refractivity contribution >= 4 is 22.9 Å². The Morgan fingerprint density at radius 3 is 3.00 bits per heavy atom. The lowest BCUT2D eigenvalue weighted by atomic mass is 10.3. The van der Waals surface area contributed by atoms with E-state index in [9.17, 15) is 0 Å². The number of aromatic nitrogens is 3. The molecule has 0 amide bonds. The first-order valence-electron chi connectivity index (χ1n) is 3.33. The number of H-pyrrole nitrogens is 1. The molecule has 2 aromatic heterocycles. The summed E-state index contributed by atoms with van der Waals surface area (Å²) in [5, 5.41) is 6.78. The zero-order chi connectivity index (χ0) is 9.26. The molecule has 5 nitrogen and oxygen atoms in total. The molecule has 0 atom stereocenters. The van der Waals surface area contributed by atoms with Crippen LogP contribution in [0.15, 0.2) is 12.4 Å². The summed E-state index contributed by atoms with van der Waals surface area (Å²) in [6.45, 7) is 0. The molecule has 2 aromatic rings. The largest absolute Gasteiger partial charge is 0.380 e. The minimum Gasteiger partial charge on any atom is -0.380 e. The van der Waals surface area contributed by atoms with Crippen molar-refractivity contribution in [2.75, 3.05) is 0 Å². The lowest BCUT2D eigenvalue weighted by molar-refractivity contribution is 0.333. The second-order valence-electron chi connectivity index (χ2n) is 2.21. The Labute approximate surface area is 82.5 Å². The average Bonchev–Trinajstić information content (AvgIpc) is 2.72. The zero-order valence-corrected chi connectivity index (χ0v) is 7.89. The molecule has 7 heteroatoms. The van der Waals surface area contributed by atoms with Gasteiger partial charge >= 0.3 is 0 Å². The first-order chi connectivity index (χ1) is 6.31. The summed E-state index contributed by atoms with van der Waals surface area (Å²) in [6, 6.07) is 0. The van der Waals surface area contributed by atoms with Gasteiger partial charge in [0.15, 0.2) is 0 Å². The van der Waals surface area contributed by atoms with Crippen molar-refractivity contribution in [1.82, 2.24) is 15.2 Å². The molecule has 0 unspecified atom stereocenters. The number of hydrogen-bond acceptors (Lipinski definition) is 5. The first-order valence-corrected chi connectivity index (χ1v) is 4.53. The highest BCUT2D eigenvalue weighted by atomic mass is 35.5. The minimum atomic E-state index is 0.334. The third kappa shape index (κ3) is 1.51. The zero-order valence-electron chi connectivity index (χ0n) is 6.32. The van der Waals surface area contributed by atoms with Gasteiger partial charge in [-0.25, -0.2) is 0 Å². The van der Waals surface area contributed by atoms with Crippen LogP contribution in [0.3, 0.4) is 0 Å². The van der Waals surface area contributed by atoms with Gasteiger partial charge in [-0.05, 0) is 0 Å². The third-order valence-corrected chi connectivity index (χ3v) is 2.58. The van der Waals surface area contributed by atoms with Gasteiger partial charge in [0.2, 0.25) is 0 Å². The van der Waals surface area contributed by atoms with Crippen molar-refractivity contribution in [1.29, 1.82) is 0 Å². The number of nitrogens with one attached hydrogen (secondary N) is 1. The van der Waals surface area contributed by atoms with Gasteiger partial charge in [-0.1, -0.05) is 22.9 Å². The van der Waals surface area contributed by atoms with E-state index in [0.717, 1.165) is 5.56 Å². The molecule has 0 fully saturated rings. The van der Waals surface area contributed by atoms with Crippen LogP contribution in [0.25, 0.3) is 11.3 Å². The van der Waals surface area contributed by atoms with Crippen LogP contribution in [-0.2, 0) is 0 Å². The smallest absolute Gasteiger partial charge is 0.295 e. The van der Waals surface area contributed by atoms with Gasteiger partial charge in [-0.2, -0.15) is 16.0 Å². The quantitative estimate of drug-likeness (QED) is 0.745. The predicted molar refractivity (Wildman–Crippen MR) is 49.5 cm³/mol. The summed E-state index contributed by atoms with van der Waals surface area (Å²) in [7, 11) is 0. The van der Waals surface area contributed by atoms with E-state index in [-0.39, 0.29) is 0 Å². The summed E-state index contributed by atoms with van der Waals surface area (Å²) in [5.41, 5.74) is 1.44. The molecule has 0 bridgehead atoms. The fourth-order valence-corrected chi connectivity index (χ4v) is 1.84. The minimum absolute atomic E-state index is 0.334. The summed E-state index contributed by atoms with van der Waals surface area (Å²) < 4.78 is 0.529. The Hall–Kier alpha value is -1.11. The third-order valence-electron chi connectivity index (χ3n) is 1.44. The van der Waals surface area contributed by atoms with Crippen molar-refractivity contribution in [3.05, 3.63) is 16.7 Å². The molecule has 0 saturated heterocycles. The van der Waals surface area contributed by atoms with E-state index in [1.54, 1.807) is 12.4 Å². The molecular formula is C6H5ClN4OS. The highest BCUT2D eigenvalue weighted by molar-refractivity contribution is 7.18. The Morgan fingerprint density at radius 1 is 1.62 bits per heavy atom. The first kappa shape index (κ1) is 8.49. The van der Waals surface area contributed by atoms with Crippen molar-refractivity contribution < 1.29 is 4.84 Å². The standard InChI is InChI=1S/C6H5ClN4OS/c7-5-4(3-1-9-10-2-3)11-6(12-8)13-5/h1-2H,8H2,(H,9,10). The van der Waals surface area contributed by atoms with Crippen LogP contribution in [0.1, 0.15) is 0 Å². The molecule has 0 saturated carbocycles. The van der Waals surface area contributed by atoms with Gasteiger partial charge in [0, 0.05) is 11.8 Å². The number of hydrogen-bond donors (Lipinski definition) is 2. The maximum atomic E-state index is 5.89. The van der Waals surface area contributed by atoms with Crippen molar-refractivity contribution in [3.63, 3.8) is 0 Å². The average molecular weight is 217 g/mol. The van der Waals surface area contributed by atoms with Crippen LogP contribution in [-0.4, -0.2) is 15.2 Å². The number of halogens is 1. The normalized spacial score (nSPS) is 10.3. The number of nitrogens with two attached hydrogens (primary N) is 1. The van der Waals surface area contributed by atoms with E-state index < -0.39 is 0 Å². The molecule has 0 aromatic carbocycles. The summed E-state index contributed by atoms with van der Waals surface area (Å²) in [5.74, 6) is 4.95. The summed E-state index contributed by atoms with van der Waals surface area (Å²) >= 11 is 7.07. The fourth-order valence-electron chi connectivity index (χ4n) is 0.892. The van der Waals surface area contributed by atoms with E-state index in [1.807, 2.05) is 0 Å². The van der Waals surface area contributed by atoms with Crippen LogP contribution in [0.4, 0.5) is 0 Å². The predicted octanol–water partition coefficient (Wildman–Crippen LogP) is 1.44. The SMILES string of the molecule is NOc1nc(-c2cn[nH]c2)c(Cl)s1. The molecule has 0 aliphatic carbocycles. The number of rotatable bonds is 2. The Bertz CT molecular complexity index is 399. The second-order valence-corrected chi connectivity index (χ2v) is 3.77. The van der Waals surface area contributed by atoms with Crippen molar-refractivity contribution in [2.45, 2.75) is 0 Å². The Morgan fingerprint density at radius 2 is 2.46 bits per heavy atom. The molecule has 0 aliphatic rings. The second kappa shape index (κ2) is 3.33. The van der Waals surface area contributed by atoms with Gasteiger partial charge in [0.25, 0.3) is 5.19 Å². The lowest BCUT2D eigenvalue weighted by Gasteiger charge is -1.88. The van der Waals surface area contributed by atoms with Gasteiger partial charge in [0.1, 0.15) is 10.0 Å². The molecule has 0 radical (unpaired) electrons. The van der Waals surface area contributed by atoms with Crippen LogP contribution >= 0.6 is 22.9 Å². The van der Waals surface area contributed by atoms with Crippen molar-refractivity contribution in [3.8, 4) is 16.5 Å². The summed E-state index contributed by atoms with van der Waals surface area (Å²) in [6.07, 6.45) is 3.32. The highest BCUT2D eigenvalue weighted by Gasteiger charge is 2.12. The highest BCUT2D eigenvalue weighted by Crippen LogP contribution is 2.35. The molecule has 0 aliphatic heterocycles. The van der Waals surface area contributed by atoms with E-state index in [4.69, 9.17) is 17.5 Å². The number of thiazole rings is 1. The van der Waals surface area contributed by atoms with Crippen LogP contribution in [0.2, 0.25) is 4.34 Å². The maximum absolute atomic E-state index is 5.89. The summed E-state index contributed by atoms with van der Waals surface area (Å²) in [4.78, 5) is 8.52. The van der Waals surface area contributed by atoms with Gasteiger partial charge in [-0.3, -0.25) is 5.10 Å². The van der Waals surface area contributed by atoms with E-state index in [1.165, 1.54) is 11.3 Å². The molecule has 13 heavy (non-hydrogen) atoms. The lowest BCUT2D eigenvalue weighted by Crippen LogP contribution is -2.00. The molecule has 68 valence electrons. The van der Waals surface area contributed by atoms with Crippen LogP contribution in [0, 0.1) is 0 Å². The Balaban J connectivity index is 2.46. The van der Waals surface area contributed by atoms with Gasteiger partial charge in [-0.15, -0.1) is 0 Å². The fraction of sp³-hybridized carbons (Fsp3) is 0. The van der Waals surface area contributed by atoms with Gasteiger partial charge in [0.05, 0.1) is 6.20 Å². The van der Waals surface area contributed by atoms with E-state index in [2.05, 4.69) is 20.0 Å². The molecule has 2 heterocycles. The van der Waals surface area contributed by atoms with Gasteiger partial charge < -0.3 is 4.84 Å². The molecule has 0 spiro atoms. The molecule has 2 rings (SSSR count). The number of aromatic amines is 1.